The summed E-state index contributed by atoms with van der Waals surface area (Å²) in [5.74, 6) is 0.277. The third-order valence-electron chi connectivity index (χ3n) is 3.59. The van der Waals surface area contributed by atoms with Gasteiger partial charge in [-0.1, -0.05) is 12.1 Å². The minimum atomic E-state index is -2.82. The van der Waals surface area contributed by atoms with E-state index in [0.29, 0.717) is 6.54 Å². The average molecular weight is 335 g/mol. The molecule has 0 spiro atoms. The lowest BCUT2D eigenvalue weighted by molar-refractivity contribution is -0.135. The molecule has 2 rings (SSSR count). The number of amides is 1. The van der Waals surface area contributed by atoms with Crippen LogP contribution in [0.4, 0.5) is 8.78 Å². The van der Waals surface area contributed by atoms with E-state index in [1.165, 1.54) is 12.1 Å². The smallest absolute Gasteiger partial charge is 0.387 e. The maximum absolute atomic E-state index is 12.3. The van der Waals surface area contributed by atoms with E-state index in [0.717, 1.165) is 31.5 Å². The zero-order valence-corrected chi connectivity index (χ0v) is 13.2. The molecule has 4 nitrogen and oxygen atoms in total. The number of rotatable bonds is 5. The van der Waals surface area contributed by atoms with E-state index >= 15 is 0 Å². The predicted octanol–water partition coefficient (Wildman–Crippen LogP) is 2.67. The average Bonchev–Trinajstić information content (AvgIpc) is 2.49. The van der Waals surface area contributed by atoms with Crippen molar-refractivity contribution >= 4 is 18.3 Å². The van der Waals surface area contributed by atoms with E-state index in [4.69, 9.17) is 0 Å². The summed E-state index contributed by atoms with van der Waals surface area (Å²) in [6, 6.07) is 6.37. The van der Waals surface area contributed by atoms with Gasteiger partial charge in [-0.2, -0.15) is 8.78 Å². The number of hydrogen-bond acceptors (Lipinski definition) is 3. The maximum atomic E-state index is 12.3. The molecule has 1 aliphatic heterocycles. The Morgan fingerprint density at radius 1 is 1.41 bits per heavy atom. The summed E-state index contributed by atoms with van der Waals surface area (Å²) in [7, 11) is 1.76. The highest BCUT2D eigenvalue weighted by Crippen LogP contribution is 2.17. The SMILES string of the molecule is CN(Cc1ccc(OC(F)F)cc1)C(=O)[C@@H]1CCCNC1.Cl. The number of piperidine rings is 1. The molecule has 0 saturated carbocycles. The number of halogens is 3. The Hall–Kier alpha value is -1.40. The lowest BCUT2D eigenvalue weighted by Gasteiger charge is -2.27. The quantitative estimate of drug-likeness (QED) is 0.900. The van der Waals surface area contributed by atoms with Crippen LogP contribution in [-0.2, 0) is 11.3 Å². The molecular weight excluding hydrogens is 314 g/mol. The summed E-state index contributed by atoms with van der Waals surface area (Å²) >= 11 is 0. The zero-order valence-electron chi connectivity index (χ0n) is 12.4. The number of carbonyl (C=O) groups is 1. The monoisotopic (exact) mass is 334 g/mol. The fourth-order valence-electron chi connectivity index (χ4n) is 2.50. The molecule has 1 N–H and O–H groups in total. The first-order valence-electron chi connectivity index (χ1n) is 7.05. The molecule has 1 atom stereocenters. The summed E-state index contributed by atoms with van der Waals surface area (Å²) < 4.78 is 28.4. The highest BCUT2D eigenvalue weighted by Gasteiger charge is 2.23. The van der Waals surface area contributed by atoms with Crippen molar-refractivity contribution in [2.75, 3.05) is 20.1 Å². The highest BCUT2D eigenvalue weighted by atomic mass is 35.5. The molecule has 0 bridgehead atoms. The van der Waals surface area contributed by atoms with Gasteiger partial charge in [0.1, 0.15) is 5.75 Å². The Morgan fingerprint density at radius 2 is 2.09 bits per heavy atom. The molecule has 1 amide bonds. The van der Waals surface area contributed by atoms with Crippen molar-refractivity contribution in [1.29, 1.82) is 0 Å². The molecule has 0 aromatic heterocycles. The van der Waals surface area contributed by atoms with Gasteiger partial charge in [0.15, 0.2) is 0 Å². The second kappa shape index (κ2) is 8.90. The van der Waals surface area contributed by atoms with E-state index in [1.54, 1.807) is 24.1 Å². The minimum absolute atomic E-state index is 0. The number of benzene rings is 1. The van der Waals surface area contributed by atoms with Crippen LogP contribution in [0.5, 0.6) is 5.75 Å². The molecule has 0 unspecified atom stereocenters. The molecule has 7 heteroatoms. The number of carbonyl (C=O) groups excluding carboxylic acids is 1. The predicted molar refractivity (Wildman–Crippen MR) is 82.4 cm³/mol. The van der Waals surface area contributed by atoms with Gasteiger partial charge in [-0.05, 0) is 37.1 Å². The number of alkyl halides is 2. The first kappa shape index (κ1) is 18.6. The van der Waals surface area contributed by atoms with Crippen LogP contribution in [-0.4, -0.2) is 37.6 Å². The Labute approximate surface area is 135 Å². The van der Waals surface area contributed by atoms with Crippen molar-refractivity contribution in [3.05, 3.63) is 29.8 Å². The van der Waals surface area contributed by atoms with Crippen LogP contribution in [0.2, 0.25) is 0 Å². The molecule has 1 saturated heterocycles. The number of nitrogens with zero attached hydrogens (tertiary/aromatic N) is 1. The van der Waals surface area contributed by atoms with Crippen LogP contribution in [0.1, 0.15) is 18.4 Å². The summed E-state index contributed by atoms with van der Waals surface area (Å²) in [6.45, 7) is -0.660. The molecular formula is C15H21ClF2N2O2. The first-order chi connectivity index (χ1) is 10.1. The van der Waals surface area contributed by atoms with E-state index in [-0.39, 0.29) is 30.0 Å². The maximum Gasteiger partial charge on any atom is 0.387 e. The molecule has 0 aliphatic carbocycles. The molecule has 1 aromatic rings. The number of ether oxygens (including phenoxy) is 1. The van der Waals surface area contributed by atoms with E-state index in [9.17, 15) is 13.6 Å². The Kier molecular flexibility index (Phi) is 7.55. The molecule has 1 fully saturated rings. The second-order valence-corrected chi connectivity index (χ2v) is 5.26. The Balaban J connectivity index is 0.00000242. The molecule has 1 heterocycles. The van der Waals surface area contributed by atoms with E-state index < -0.39 is 6.61 Å². The Morgan fingerprint density at radius 3 is 2.64 bits per heavy atom. The van der Waals surface area contributed by atoms with Crippen LogP contribution in [0.15, 0.2) is 24.3 Å². The number of nitrogens with one attached hydrogen (secondary N) is 1. The van der Waals surface area contributed by atoms with Crippen LogP contribution < -0.4 is 10.1 Å². The van der Waals surface area contributed by atoms with Gasteiger partial charge in [0.05, 0.1) is 5.92 Å². The highest BCUT2D eigenvalue weighted by molar-refractivity contribution is 5.85. The lowest BCUT2D eigenvalue weighted by atomic mass is 9.98. The van der Waals surface area contributed by atoms with Gasteiger partial charge >= 0.3 is 6.61 Å². The van der Waals surface area contributed by atoms with Gasteiger partial charge in [0.2, 0.25) is 5.91 Å². The summed E-state index contributed by atoms with van der Waals surface area (Å²) in [5.41, 5.74) is 0.885. The third-order valence-corrected chi connectivity index (χ3v) is 3.59. The summed E-state index contributed by atoms with van der Waals surface area (Å²) in [6.07, 6.45) is 1.93. The summed E-state index contributed by atoms with van der Waals surface area (Å²) in [4.78, 5) is 14.0. The first-order valence-corrected chi connectivity index (χ1v) is 7.05. The van der Waals surface area contributed by atoms with Crippen LogP contribution >= 0.6 is 12.4 Å². The lowest BCUT2D eigenvalue weighted by Crippen LogP contribution is -2.41. The van der Waals surface area contributed by atoms with Crippen molar-refractivity contribution in [2.45, 2.75) is 26.0 Å². The number of hydrogen-bond donors (Lipinski definition) is 1. The second-order valence-electron chi connectivity index (χ2n) is 5.26. The van der Waals surface area contributed by atoms with Crippen molar-refractivity contribution in [3.8, 4) is 5.75 Å². The molecule has 124 valence electrons. The van der Waals surface area contributed by atoms with Gasteiger partial charge < -0.3 is 15.0 Å². The molecule has 0 radical (unpaired) electrons. The molecule has 1 aromatic carbocycles. The fourth-order valence-corrected chi connectivity index (χ4v) is 2.50. The van der Waals surface area contributed by atoms with Crippen LogP contribution in [0.3, 0.4) is 0 Å². The molecule has 1 aliphatic rings. The van der Waals surface area contributed by atoms with Crippen molar-refractivity contribution in [1.82, 2.24) is 10.2 Å². The van der Waals surface area contributed by atoms with Crippen molar-refractivity contribution in [2.24, 2.45) is 5.92 Å². The van der Waals surface area contributed by atoms with Crippen LogP contribution in [0.25, 0.3) is 0 Å². The van der Waals surface area contributed by atoms with Crippen molar-refractivity contribution < 1.29 is 18.3 Å². The topological polar surface area (TPSA) is 41.6 Å². The zero-order chi connectivity index (χ0) is 15.2. The normalized spacial score (nSPS) is 17.7. The fraction of sp³-hybridized carbons (Fsp3) is 0.533. The van der Waals surface area contributed by atoms with E-state index in [1.807, 2.05) is 0 Å². The Bertz CT molecular complexity index is 465. The minimum Gasteiger partial charge on any atom is -0.435 e. The van der Waals surface area contributed by atoms with E-state index in [2.05, 4.69) is 10.1 Å². The van der Waals surface area contributed by atoms with Gasteiger partial charge in [-0.15, -0.1) is 12.4 Å². The largest absolute Gasteiger partial charge is 0.435 e. The standard InChI is InChI=1S/C15H20F2N2O2.ClH/c1-19(14(20)12-3-2-8-18-9-12)10-11-4-6-13(7-5-11)21-15(16)17;/h4-7,12,15,18H,2-3,8-10H2,1H3;1H/t12-;/m1./s1. The van der Waals surface area contributed by atoms with Gasteiger partial charge in [0.25, 0.3) is 0 Å². The third kappa shape index (κ3) is 5.42. The van der Waals surface area contributed by atoms with Crippen LogP contribution in [0, 0.1) is 5.92 Å². The van der Waals surface area contributed by atoms with Gasteiger partial charge in [0, 0.05) is 20.1 Å². The summed E-state index contributed by atoms with van der Waals surface area (Å²) in [5, 5.41) is 3.23. The van der Waals surface area contributed by atoms with Crippen molar-refractivity contribution in [3.63, 3.8) is 0 Å². The molecule has 22 heavy (non-hydrogen) atoms. The van der Waals surface area contributed by atoms with Gasteiger partial charge in [-0.3, -0.25) is 4.79 Å². The van der Waals surface area contributed by atoms with Gasteiger partial charge in [-0.25, -0.2) is 0 Å².